The number of hydrogen-bond acceptors (Lipinski definition) is 4. The molecule has 1 atom stereocenters. The molecule has 0 saturated carbocycles. The van der Waals surface area contributed by atoms with Crippen LogP contribution in [0.5, 0.6) is 0 Å². The molecule has 14 heavy (non-hydrogen) atoms. The number of carbonyl (C=O) groups excluding carboxylic acids is 1. The molecule has 0 bridgehead atoms. The molecular formula is C8H12ClN3OS. The average Bonchev–Trinajstić information content (AvgIpc) is 2.52. The summed E-state index contributed by atoms with van der Waals surface area (Å²) in [6.07, 6.45) is 0. The van der Waals surface area contributed by atoms with E-state index in [1.807, 2.05) is 13.8 Å². The van der Waals surface area contributed by atoms with Crippen molar-refractivity contribution in [2.75, 3.05) is 5.32 Å². The van der Waals surface area contributed by atoms with Gasteiger partial charge in [-0.2, -0.15) is 0 Å². The third kappa shape index (κ3) is 2.92. The summed E-state index contributed by atoms with van der Waals surface area (Å²) in [5.74, 6) is 0.0738. The number of anilines is 1. The van der Waals surface area contributed by atoms with Crippen molar-refractivity contribution < 1.29 is 4.79 Å². The van der Waals surface area contributed by atoms with E-state index < -0.39 is 5.38 Å². The van der Waals surface area contributed by atoms with Crippen molar-refractivity contribution in [2.24, 2.45) is 0 Å². The number of halogens is 1. The summed E-state index contributed by atoms with van der Waals surface area (Å²) in [7, 11) is 0. The fourth-order valence-electron chi connectivity index (χ4n) is 0.723. The van der Waals surface area contributed by atoms with E-state index in [0.717, 1.165) is 5.01 Å². The van der Waals surface area contributed by atoms with Crippen molar-refractivity contribution in [3.63, 3.8) is 0 Å². The second-order valence-electron chi connectivity index (χ2n) is 3.21. The topological polar surface area (TPSA) is 54.9 Å². The number of alkyl halides is 1. The molecule has 0 aliphatic heterocycles. The summed E-state index contributed by atoms with van der Waals surface area (Å²) < 4.78 is 0. The summed E-state index contributed by atoms with van der Waals surface area (Å²) in [5, 5.41) is 11.2. The van der Waals surface area contributed by atoms with Gasteiger partial charge in [-0.1, -0.05) is 25.2 Å². The van der Waals surface area contributed by atoms with Gasteiger partial charge in [-0.3, -0.25) is 10.1 Å². The smallest absolute Gasteiger partial charge is 0.243 e. The number of nitrogens with one attached hydrogen (secondary N) is 1. The molecule has 0 aromatic carbocycles. The lowest BCUT2D eigenvalue weighted by atomic mass is 10.2. The molecule has 1 heterocycles. The maximum atomic E-state index is 11.2. The van der Waals surface area contributed by atoms with Crippen LogP contribution in [0.15, 0.2) is 0 Å². The second-order valence-corrected chi connectivity index (χ2v) is 4.87. The lowest BCUT2D eigenvalue weighted by Crippen LogP contribution is -2.20. The largest absolute Gasteiger partial charge is 0.299 e. The Bertz CT molecular complexity index is 324. The highest BCUT2D eigenvalue weighted by Gasteiger charge is 2.13. The zero-order valence-electron chi connectivity index (χ0n) is 8.24. The van der Waals surface area contributed by atoms with E-state index in [2.05, 4.69) is 15.5 Å². The van der Waals surface area contributed by atoms with Gasteiger partial charge in [0, 0.05) is 5.92 Å². The first kappa shape index (κ1) is 11.4. The molecule has 1 aromatic rings. The van der Waals surface area contributed by atoms with E-state index in [-0.39, 0.29) is 5.91 Å². The first-order chi connectivity index (χ1) is 6.50. The molecule has 1 aromatic heterocycles. The Morgan fingerprint density at radius 1 is 1.43 bits per heavy atom. The van der Waals surface area contributed by atoms with E-state index in [1.165, 1.54) is 11.3 Å². The Kier molecular flexibility index (Phi) is 3.83. The van der Waals surface area contributed by atoms with Crippen LogP contribution in [0.25, 0.3) is 0 Å². The van der Waals surface area contributed by atoms with Gasteiger partial charge in [0.05, 0.1) is 0 Å². The van der Waals surface area contributed by atoms with E-state index in [0.29, 0.717) is 11.0 Å². The van der Waals surface area contributed by atoms with Crippen molar-refractivity contribution in [2.45, 2.75) is 32.1 Å². The lowest BCUT2D eigenvalue weighted by Gasteiger charge is -2.00. The van der Waals surface area contributed by atoms with Gasteiger partial charge < -0.3 is 0 Å². The molecule has 0 aliphatic carbocycles. The average molecular weight is 234 g/mol. The van der Waals surface area contributed by atoms with Crippen LogP contribution in [-0.4, -0.2) is 21.5 Å². The zero-order chi connectivity index (χ0) is 10.7. The van der Waals surface area contributed by atoms with Crippen LogP contribution in [0, 0.1) is 0 Å². The summed E-state index contributed by atoms with van der Waals surface area (Å²) in [6.45, 7) is 5.66. The van der Waals surface area contributed by atoms with Crippen LogP contribution in [0.2, 0.25) is 0 Å². The molecule has 6 heteroatoms. The predicted molar refractivity (Wildman–Crippen MR) is 57.9 cm³/mol. The number of rotatable bonds is 3. The Hall–Kier alpha value is -0.680. The normalized spacial score (nSPS) is 12.9. The zero-order valence-corrected chi connectivity index (χ0v) is 9.82. The van der Waals surface area contributed by atoms with Gasteiger partial charge in [0.2, 0.25) is 11.0 Å². The first-order valence-electron chi connectivity index (χ1n) is 4.29. The van der Waals surface area contributed by atoms with Gasteiger partial charge in [0.25, 0.3) is 0 Å². The summed E-state index contributed by atoms with van der Waals surface area (Å²) >= 11 is 6.97. The standard InChI is InChI=1S/C8H12ClN3OS/c1-4(2)7-11-12-8(14-7)10-6(13)5(3)9/h4-5H,1-3H3,(H,10,12,13)/t5-/m0/s1. The van der Waals surface area contributed by atoms with E-state index in [1.54, 1.807) is 6.92 Å². The maximum Gasteiger partial charge on any atom is 0.243 e. The number of hydrogen-bond donors (Lipinski definition) is 1. The first-order valence-corrected chi connectivity index (χ1v) is 5.54. The number of nitrogens with zero attached hydrogens (tertiary/aromatic N) is 2. The monoisotopic (exact) mass is 233 g/mol. The minimum atomic E-state index is -0.554. The van der Waals surface area contributed by atoms with Gasteiger partial charge in [0.1, 0.15) is 10.4 Å². The molecule has 0 spiro atoms. The van der Waals surface area contributed by atoms with Crippen LogP contribution >= 0.6 is 22.9 Å². The predicted octanol–water partition coefficient (Wildman–Crippen LogP) is 2.23. The Labute approximate surface area is 91.7 Å². The maximum absolute atomic E-state index is 11.2. The van der Waals surface area contributed by atoms with Crippen molar-refractivity contribution in [1.29, 1.82) is 0 Å². The highest BCUT2D eigenvalue weighted by molar-refractivity contribution is 7.15. The highest BCUT2D eigenvalue weighted by atomic mass is 35.5. The van der Waals surface area contributed by atoms with E-state index in [4.69, 9.17) is 11.6 Å². The van der Waals surface area contributed by atoms with Crippen LogP contribution in [0.3, 0.4) is 0 Å². The molecular weight excluding hydrogens is 222 g/mol. The van der Waals surface area contributed by atoms with Crippen molar-refractivity contribution >= 4 is 34.0 Å². The molecule has 0 radical (unpaired) electrons. The van der Waals surface area contributed by atoms with Crippen molar-refractivity contribution in [3.05, 3.63) is 5.01 Å². The van der Waals surface area contributed by atoms with Crippen molar-refractivity contribution in [1.82, 2.24) is 10.2 Å². The van der Waals surface area contributed by atoms with Crippen LogP contribution in [0.4, 0.5) is 5.13 Å². The summed E-state index contributed by atoms with van der Waals surface area (Å²) in [6, 6.07) is 0. The number of aromatic nitrogens is 2. The van der Waals surface area contributed by atoms with Gasteiger partial charge in [0.15, 0.2) is 0 Å². The van der Waals surface area contributed by atoms with E-state index in [9.17, 15) is 4.79 Å². The van der Waals surface area contributed by atoms with E-state index >= 15 is 0 Å². The molecule has 0 saturated heterocycles. The molecule has 1 N–H and O–H groups in total. The molecule has 78 valence electrons. The van der Waals surface area contributed by atoms with Gasteiger partial charge in [-0.05, 0) is 6.92 Å². The molecule has 1 amide bonds. The fourth-order valence-corrected chi connectivity index (χ4v) is 1.53. The van der Waals surface area contributed by atoms with Gasteiger partial charge in [-0.25, -0.2) is 0 Å². The third-order valence-corrected chi connectivity index (χ3v) is 2.86. The SMILES string of the molecule is CC(C)c1nnc(NC(=O)[C@H](C)Cl)s1. The summed E-state index contributed by atoms with van der Waals surface area (Å²) in [5.41, 5.74) is 0. The quantitative estimate of drug-likeness (QED) is 0.815. The van der Waals surface area contributed by atoms with Gasteiger partial charge >= 0.3 is 0 Å². The lowest BCUT2D eigenvalue weighted by molar-refractivity contribution is -0.115. The summed E-state index contributed by atoms with van der Waals surface area (Å²) in [4.78, 5) is 11.2. The molecule has 1 rings (SSSR count). The molecule has 4 nitrogen and oxygen atoms in total. The number of amides is 1. The highest BCUT2D eigenvalue weighted by Crippen LogP contribution is 2.22. The van der Waals surface area contributed by atoms with Crippen LogP contribution in [0.1, 0.15) is 31.7 Å². The number of carbonyl (C=O) groups is 1. The van der Waals surface area contributed by atoms with Crippen LogP contribution in [-0.2, 0) is 4.79 Å². The van der Waals surface area contributed by atoms with Gasteiger partial charge in [-0.15, -0.1) is 21.8 Å². The Morgan fingerprint density at radius 2 is 2.07 bits per heavy atom. The molecule has 0 unspecified atom stereocenters. The minimum absolute atomic E-state index is 0.252. The molecule has 0 fully saturated rings. The molecule has 0 aliphatic rings. The van der Waals surface area contributed by atoms with Crippen molar-refractivity contribution in [3.8, 4) is 0 Å². The third-order valence-electron chi connectivity index (χ3n) is 1.53. The fraction of sp³-hybridized carbons (Fsp3) is 0.625. The Balaban J connectivity index is 2.64. The second kappa shape index (κ2) is 4.70. The Morgan fingerprint density at radius 3 is 2.50 bits per heavy atom. The van der Waals surface area contributed by atoms with Crippen LogP contribution < -0.4 is 5.32 Å². The minimum Gasteiger partial charge on any atom is -0.299 e.